The minimum Gasteiger partial charge on any atom is -0.406 e. The van der Waals surface area contributed by atoms with Crippen molar-refractivity contribution in [2.45, 2.75) is 18.8 Å². The lowest BCUT2D eigenvalue weighted by Crippen LogP contribution is -2.18. The molecule has 25 heavy (non-hydrogen) atoms. The van der Waals surface area contributed by atoms with Crippen molar-refractivity contribution in [1.82, 2.24) is 0 Å². The Morgan fingerprint density at radius 2 is 1.24 bits per heavy atom. The van der Waals surface area contributed by atoms with Gasteiger partial charge in [0.05, 0.1) is 6.04 Å². The average Bonchev–Trinajstić information content (AvgIpc) is 2.44. The second kappa shape index (κ2) is 7.83. The van der Waals surface area contributed by atoms with E-state index in [9.17, 15) is 26.3 Å². The van der Waals surface area contributed by atoms with Gasteiger partial charge in [-0.05, 0) is 35.4 Å². The van der Waals surface area contributed by atoms with Crippen molar-refractivity contribution in [3.8, 4) is 11.5 Å². The Hall–Kier alpha value is -2.13. The number of ether oxygens (including phenoxy) is 2. The lowest BCUT2D eigenvalue weighted by atomic mass is 9.99. The van der Waals surface area contributed by atoms with Crippen LogP contribution < -0.4 is 15.2 Å². The summed E-state index contributed by atoms with van der Waals surface area (Å²) < 4.78 is 80.5. The number of halogens is 7. The monoisotopic (exact) mass is 387 g/mol. The molecule has 0 spiro atoms. The molecular weight excluding hydrogens is 376 g/mol. The second-order valence-corrected chi connectivity index (χ2v) is 4.71. The van der Waals surface area contributed by atoms with Gasteiger partial charge in [-0.3, -0.25) is 0 Å². The van der Waals surface area contributed by atoms with Crippen molar-refractivity contribution < 1.29 is 35.8 Å². The first kappa shape index (κ1) is 20.9. The number of alkyl halides is 6. The highest BCUT2D eigenvalue weighted by Crippen LogP contribution is 2.29. The van der Waals surface area contributed by atoms with Crippen molar-refractivity contribution >= 4 is 12.4 Å². The van der Waals surface area contributed by atoms with Crippen LogP contribution in [0.15, 0.2) is 48.5 Å². The van der Waals surface area contributed by atoms with Crippen LogP contribution in [0, 0.1) is 0 Å². The molecule has 3 nitrogen and oxygen atoms in total. The van der Waals surface area contributed by atoms with Gasteiger partial charge in [-0.15, -0.1) is 38.7 Å². The standard InChI is InChI=1S/C15H11F6NO2.ClH/c16-14(17,18)23-11-6-4-9(5-7-11)13(22)10-2-1-3-12(8-10)24-15(19,20)21;/h1-8,13H,22H2;1H/t13-;/m1./s1. The Bertz CT molecular complexity index is 688. The molecule has 2 N–H and O–H groups in total. The van der Waals surface area contributed by atoms with Crippen LogP contribution >= 0.6 is 12.4 Å². The molecule has 0 aliphatic carbocycles. The average molecular weight is 388 g/mol. The molecule has 0 aliphatic rings. The first-order valence-corrected chi connectivity index (χ1v) is 6.50. The summed E-state index contributed by atoms with van der Waals surface area (Å²) in [5.74, 6) is -0.861. The molecule has 0 unspecified atom stereocenters. The van der Waals surface area contributed by atoms with Gasteiger partial charge in [0.1, 0.15) is 11.5 Å². The summed E-state index contributed by atoms with van der Waals surface area (Å²) in [5.41, 5.74) is 6.63. The molecular formula is C15H12ClF6NO2. The van der Waals surface area contributed by atoms with Crippen LogP contribution in [0.1, 0.15) is 17.2 Å². The molecule has 2 rings (SSSR count). The maximum Gasteiger partial charge on any atom is 0.573 e. The van der Waals surface area contributed by atoms with Gasteiger partial charge in [0.25, 0.3) is 0 Å². The van der Waals surface area contributed by atoms with E-state index >= 15 is 0 Å². The molecule has 138 valence electrons. The van der Waals surface area contributed by atoms with Gasteiger partial charge in [-0.1, -0.05) is 24.3 Å². The van der Waals surface area contributed by atoms with Crippen LogP contribution in [-0.4, -0.2) is 12.7 Å². The lowest BCUT2D eigenvalue weighted by Gasteiger charge is -2.16. The predicted octanol–water partition coefficient (Wildman–Crippen LogP) is 4.95. The summed E-state index contributed by atoms with van der Waals surface area (Å²) in [5, 5.41) is 0. The van der Waals surface area contributed by atoms with Gasteiger partial charge in [-0.2, -0.15) is 0 Å². The van der Waals surface area contributed by atoms with Crippen LogP contribution in [0.3, 0.4) is 0 Å². The van der Waals surface area contributed by atoms with Gasteiger partial charge >= 0.3 is 12.7 Å². The van der Waals surface area contributed by atoms with Crippen LogP contribution in [0.5, 0.6) is 11.5 Å². The third-order valence-electron chi connectivity index (χ3n) is 2.92. The third-order valence-corrected chi connectivity index (χ3v) is 2.92. The van der Waals surface area contributed by atoms with Crippen LogP contribution in [0.25, 0.3) is 0 Å². The SMILES string of the molecule is Cl.N[C@H](c1ccc(OC(F)(F)F)cc1)c1cccc(OC(F)(F)F)c1. The van der Waals surface area contributed by atoms with E-state index in [1.54, 1.807) is 0 Å². The Morgan fingerprint density at radius 1 is 0.720 bits per heavy atom. The van der Waals surface area contributed by atoms with Gasteiger partial charge < -0.3 is 15.2 Å². The summed E-state index contributed by atoms with van der Waals surface area (Å²) in [6.45, 7) is 0. The fraction of sp³-hybridized carbons (Fsp3) is 0.200. The molecule has 0 aromatic heterocycles. The van der Waals surface area contributed by atoms with E-state index in [1.165, 1.54) is 24.3 Å². The van der Waals surface area contributed by atoms with Crippen molar-refractivity contribution in [2.24, 2.45) is 5.73 Å². The Balaban J connectivity index is 0.00000312. The number of nitrogens with two attached hydrogens (primary N) is 1. The minimum absolute atomic E-state index is 0. The summed E-state index contributed by atoms with van der Waals surface area (Å²) in [4.78, 5) is 0. The zero-order chi connectivity index (χ0) is 18.0. The quantitative estimate of drug-likeness (QED) is 0.755. The number of hydrogen-bond acceptors (Lipinski definition) is 3. The summed E-state index contributed by atoms with van der Waals surface area (Å²) >= 11 is 0. The van der Waals surface area contributed by atoms with E-state index in [0.717, 1.165) is 24.3 Å². The Kier molecular flexibility index (Phi) is 6.55. The highest BCUT2D eigenvalue weighted by Gasteiger charge is 2.32. The number of rotatable bonds is 4. The first-order valence-electron chi connectivity index (χ1n) is 6.50. The number of benzene rings is 2. The zero-order valence-corrected chi connectivity index (χ0v) is 13.1. The van der Waals surface area contributed by atoms with E-state index < -0.39 is 30.3 Å². The molecule has 0 bridgehead atoms. The van der Waals surface area contributed by atoms with E-state index in [4.69, 9.17) is 5.73 Å². The van der Waals surface area contributed by atoms with Crippen LogP contribution in [-0.2, 0) is 0 Å². The van der Waals surface area contributed by atoms with Gasteiger partial charge in [0.2, 0.25) is 0 Å². The zero-order valence-electron chi connectivity index (χ0n) is 12.3. The molecule has 0 radical (unpaired) electrons. The smallest absolute Gasteiger partial charge is 0.406 e. The molecule has 0 saturated heterocycles. The van der Waals surface area contributed by atoms with E-state index in [-0.39, 0.29) is 12.4 Å². The highest BCUT2D eigenvalue weighted by molar-refractivity contribution is 5.85. The van der Waals surface area contributed by atoms with Crippen molar-refractivity contribution in [2.75, 3.05) is 0 Å². The van der Waals surface area contributed by atoms with E-state index in [1.807, 2.05) is 0 Å². The van der Waals surface area contributed by atoms with Crippen LogP contribution in [0.2, 0.25) is 0 Å². The Labute approximate surface area is 144 Å². The molecule has 0 amide bonds. The lowest BCUT2D eigenvalue weighted by molar-refractivity contribution is -0.275. The maximum atomic E-state index is 12.2. The molecule has 0 saturated carbocycles. The van der Waals surface area contributed by atoms with Crippen molar-refractivity contribution in [3.05, 3.63) is 59.7 Å². The number of hydrogen-bond donors (Lipinski definition) is 1. The van der Waals surface area contributed by atoms with Crippen molar-refractivity contribution in [3.63, 3.8) is 0 Å². The fourth-order valence-corrected chi connectivity index (χ4v) is 1.97. The molecule has 0 fully saturated rings. The minimum atomic E-state index is -4.83. The van der Waals surface area contributed by atoms with Crippen molar-refractivity contribution in [1.29, 1.82) is 0 Å². The normalized spacial score (nSPS) is 12.9. The fourth-order valence-electron chi connectivity index (χ4n) is 1.97. The maximum absolute atomic E-state index is 12.2. The largest absolute Gasteiger partial charge is 0.573 e. The van der Waals surface area contributed by atoms with Crippen LogP contribution in [0.4, 0.5) is 26.3 Å². The van der Waals surface area contributed by atoms with Gasteiger partial charge in [0.15, 0.2) is 0 Å². The molecule has 1 atom stereocenters. The molecule has 0 heterocycles. The van der Waals surface area contributed by atoms with E-state index in [2.05, 4.69) is 9.47 Å². The van der Waals surface area contributed by atoms with E-state index in [0.29, 0.717) is 11.1 Å². The molecule has 2 aromatic carbocycles. The highest BCUT2D eigenvalue weighted by atomic mass is 35.5. The molecule has 10 heteroatoms. The summed E-state index contributed by atoms with van der Waals surface area (Å²) in [6, 6.07) is 8.92. The first-order chi connectivity index (χ1) is 11.0. The summed E-state index contributed by atoms with van der Waals surface area (Å²) in [7, 11) is 0. The molecule has 2 aromatic rings. The molecule has 0 aliphatic heterocycles. The third kappa shape index (κ3) is 6.71. The van der Waals surface area contributed by atoms with Gasteiger partial charge in [0, 0.05) is 0 Å². The van der Waals surface area contributed by atoms with Gasteiger partial charge in [-0.25, -0.2) is 0 Å². The Morgan fingerprint density at radius 3 is 1.76 bits per heavy atom. The topological polar surface area (TPSA) is 44.5 Å². The summed E-state index contributed by atoms with van der Waals surface area (Å²) in [6.07, 6.45) is -9.65. The second-order valence-electron chi connectivity index (χ2n) is 4.71. The predicted molar refractivity (Wildman–Crippen MR) is 79.5 cm³/mol.